The topological polar surface area (TPSA) is 142 Å². The fraction of sp³-hybridized carbons (Fsp3) is 0.722. The average molecular weight is 412 g/mol. The Morgan fingerprint density at radius 1 is 1.24 bits per heavy atom. The summed E-state index contributed by atoms with van der Waals surface area (Å²) in [4.78, 5) is 36.4. The average Bonchev–Trinajstić information content (AvgIpc) is 3.19. The minimum atomic E-state index is -1.19. The van der Waals surface area contributed by atoms with Gasteiger partial charge in [0.05, 0.1) is 43.5 Å². The van der Waals surface area contributed by atoms with Crippen molar-refractivity contribution in [3.63, 3.8) is 0 Å². The van der Waals surface area contributed by atoms with Crippen LogP contribution >= 0.6 is 0 Å². The minimum Gasteiger partial charge on any atom is -0.466 e. The summed E-state index contributed by atoms with van der Waals surface area (Å²) in [6.45, 7) is 8.81. The zero-order valence-corrected chi connectivity index (χ0v) is 17.2. The summed E-state index contributed by atoms with van der Waals surface area (Å²) < 4.78 is 16.4. The predicted molar refractivity (Wildman–Crippen MR) is 98.9 cm³/mol. The van der Waals surface area contributed by atoms with Gasteiger partial charge in [-0.25, -0.2) is 14.3 Å². The second kappa shape index (κ2) is 9.21. The highest BCUT2D eigenvalue weighted by Crippen LogP contribution is 2.37. The van der Waals surface area contributed by atoms with Crippen molar-refractivity contribution in [1.29, 1.82) is 0 Å². The second-order valence-electron chi connectivity index (χ2n) is 7.63. The predicted octanol–water partition coefficient (Wildman–Crippen LogP) is 0.833. The Kier molecular flexibility index (Phi) is 7.17. The van der Waals surface area contributed by atoms with Gasteiger partial charge in [-0.3, -0.25) is 4.79 Å². The SMILES string of the molecule is CCOC(=O)c1cn([C@@H]2[C@@H](O)[C@@H](NC(=O)OC(C)(C)C)C[C@H]2C(=O)OCC)nn1. The van der Waals surface area contributed by atoms with Gasteiger partial charge in [-0.1, -0.05) is 5.21 Å². The molecule has 0 spiro atoms. The van der Waals surface area contributed by atoms with E-state index < -0.39 is 47.7 Å². The monoisotopic (exact) mass is 412 g/mol. The van der Waals surface area contributed by atoms with Gasteiger partial charge in [0.15, 0.2) is 5.69 Å². The maximum Gasteiger partial charge on any atom is 0.407 e. The van der Waals surface area contributed by atoms with Gasteiger partial charge in [0.2, 0.25) is 0 Å². The summed E-state index contributed by atoms with van der Waals surface area (Å²) >= 11 is 0. The summed E-state index contributed by atoms with van der Waals surface area (Å²) in [6, 6.07) is -1.66. The first-order valence-electron chi connectivity index (χ1n) is 9.50. The maximum absolute atomic E-state index is 12.4. The van der Waals surface area contributed by atoms with Gasteiger partial charge in [0.25, 0.3) is 0 Å². The van der Waals surface area contributed by atoms with Crippen LogP contribution in [0.1, 0.15) is 57.6 Å². The molecular weight excluding hydrogens is 384 g/mol. The Morgan fingerprint density at radius 2 is 1.90 bits per heavy atom. The number of aliphatic hydroxyl groups excluding tert-OH is 1. The molecule has 1 aromatic rings. The van der Waals surface area contributed by atoms with E-state index in [0.29, 0.717) is 0 Å². The van der Waals surface area contributed by atoms with Gasteiger partial charge in [-0.2, -0.15) is 0 Å². The molecule has 4 atom stereocenters. The largest absolute Gasteiger partial charge is 0.466 e. The van der Waals surface area contributed by atoms with Gasteiger partial charge < -0.3 is 24.6 Å². The van der Waals surface area contributed by atoms with E-state index >= 15 is 0 Å². The molecule has 1 fully saturated rings. The lowest BCUT2D eigenvalue weighted by molar-refractivity contribution is -0.149. The molecule has 1 amide bonds. The molecule has 0 radical (unpaired) electrons. The normalized spacial score (nSPS) is 24.1. The molecular formula is C18H28N4O7. The Balaban J connectivity index is 2.24. The fourth-order valence-corrected chi connectivity index (χ4v) is 3.18. The van der Waals surface area contributed by atoms with Crippen LogP contribution in [0.15, 0.2) is 6.20 Å². The van der Waals surface area contributed by atoms with Crippen molar-refractivity contribution in [1.82, 2.24) is 20.3 Å². The van der Waals surface area contributed by atoms with Crippen LogP contribution in [-0.2, 0) is 19.0 Å². The zero-order valence-electron chi connectivity index (χ0n) is 17.2. The van der Waals surface area contributed by atoms with Crippen molar-refractivity contribution in [3.05, 3.63) is 11.9 Å². The van der Waals surface area contributed by atoms with Crippen LogP contribution in [0.5, 0.6) is 0 Å². The molecule has 0 bridgehead atoms. The second-order valence-corrected chi connectivity index (χ2v) is 7.63. The molecule has 162 valence electrons. The first-order valence-corrected chi connectivity index (χ1v) is 9.50. The Morgan fingerprint density at radius 3 is 2.48 bits per heavy atom. The van der Waals surface area contributed by atoms with Crippen LogP contribution in [0.3, 0.4) is 0 Å². The van der Waals surface area contributed by atoms with Crippen molar-refractivity contribution in [2.75, 3.05) is 13.2 Å². The smallest absolute Gasteiger partial charge is 0.407 e. The van der Waals surface area contributed by atoms with Crippen LogP contribution < -0.4 is 5.32 Å². The number of hydrogen-bond donors (Lipinski definition) is 2. The third-order valence-corrected chi connectivity index (χ3v) is 4.27. The van der Waals surface area contributed by atoms with E-state index in [9.17, 15) is 19.5 Å². The molecule has 1 aliphatic rings. The molecule has 0 aromatic carbocycles. The third kappa shape index (κ3) is 5.66. The van der Waals surface area contributed by atoms with Gasteiger partial charge in [-0.05, 0) is 41.0 Å². The van der Waals surface area contributed by atoms with E-state index in [-0.39, 0.29) is 25.3 Å². The molecule has 1 heterocycles. The van der Waals surface area contributed by atoms with Crippen LogP contribution in [0, 0.1) is 5.92 Å². The highest BCUT2D eigenvalue weighted by Gasteiger charge is 2.49. The van der Waals surface area contributed by atoms with Crippen molar-refractivity contribution >= 4 is 18.0 Å². The van der Waals surface area contributed by atoms with E-state index in [0.717, 1.165) is 0 Å². The van der Waals surface area contributed by atoms with E-state index in [1.54, 1.807) is 34.6 Å². The number of ether oxygens (including phenoxy) is 3. The van der Waals surface area contributed by atoms with Crippen LogP contribution in [-0.4, -0.2) is 69.1 Å². The molecule has 1 aromatic heterocycles. The molecule has 0 unspecified atom stereocenters. The van der Waals surface area contributed by atoms with Crippen LogP contribution in [0.25, 0.3) is 0 Å². The number of carbonyl (C=O) groups excluding carboxylic acids is 3. The number of aromatic nitrogens is 3. The number of nitrogens with zero attached hydrogens (tertiary/aromatic N) is 3. The highest BCUT2D eigenvalue weighted by atomic mass is 16.6. The van der Waals surface area contributed by atoms with Crippen molar-refractivity contribution in [2.45, 2.75) is 64.8 Å². The summed E-state index contributed by atoms with van der Waals surface area (Å²) in [6.07, 6.45) is -0.490. The number of esters is 2. The highest BCUT2D eigenvalue weighted by molar-refractivity contribution is 5.86. The third-order valence-electron chi connectivity index (χ3n) is 4.27. The molecule has 0 saturated heterocycles. The van der Waals surface area contributed by atoms with Crippen molar-refractivity contribution in [3.8, 4) is 0 Å². The molecule has 0 aliphatic heterocycles. The lowest BCUT2D eigenvalue weighted by Crippen LogP contribution is -2.44. The first kappa shape index (κ1) is 22.6. The summed E-state index contributed by atoms with van der Waals surface area (Å²) in [5.74, 6) is -2.01. The number of aliphatic hydroxyl groups is 1. The summed E-state index contributed by atoms with van der Waals surface area (Å²) in [5, 5.41) is 21.0. The number of rotatable bonds is 6. The molecule has 1 aliphatic carbocycles. The standard InChI is InChI=1S/C18H28N4O7/c1-6-27-15(24)10-8-11(19-17(26)29-18(3,4)5)14(23)13(10)22-9-12(20-21-22)16(25)28-7-2/h9-11,13-14,23H,6-8H2,1-5H3,(H,19,26)/t10-,11+,13+,14+/m1/s1. The van der Waals surface area contributed by atoms with E-state index in [2.05, 4.69) is 15.6 Å². The van der Waals surface area contributed by atoms with Gasteiger partial charge in [0.1, 0.15) is 5.60 Å². The number of hydrogen-bond acceptors (Lipinski definition) is 9. The molecule has 11 nitrogen and oxygen atoms in total. The van der Waals surface area contributed by atoms with Crippen molar-refractivity contribution in [2.24, 2.45) is 5.92 Å². The number of carbonyl (C=O) groups is 3. The molecule has 2 N–H and O–H groups in total. The number of alkyl carbamates (subject to hydrolysis) is 1. The molecule has 1 saturated carbocycles. The van der Waals surface area contributed by atoms with E-state index in [4.69, 9.17) is 14.2 Å². The first-order chi connectivity index (χ1) is 13.6. The van der Waals surface area contributed by atoms with Gasteiger partial charge in [-0.15, -0.1) is 5.10 Å². The van der Waals surface area contributed by atoms with Crippen LogP contribution in [0.4, 0.5) is 4.79 Å². The van der Waals surface area contributed by atoms with Gasteiger partial charge in [0, 0.05) is 0 Å². The number of nitrogens with one attached hydrogen (secondary N) is 1. The molecule has 29 heavy (non-hydrogen) atoms. The van der Waals surface area contributed by atoms with E-state index in [1.165, 1.54) is 10.9 Å². The Labute approximate surface area is 168 Å². The quantitative estimate of drug-likeness (QED) is 0.513. The molecule has 2 rings (SSSR count). The zero-order chi connectivity index (χ0) is 21.8. The maximum atomic E-state index is 12.4. The summed E-state index contributed by atoms with van der Waals surface area (Å²) in [5.41, 5.74) is -0.765. The summed E-state index contributed by atoms with van der Waals surface area (Å²) in [7, 11) is 0. The lowest BCUT2D eigenvalue weighted by Gasteiger charge is -2.24. The lowest BCUT2D eigenvalue weighted by atomic mass is 10.0. The Hall–Kier alpha value is -2.69. The number of amides is 1. The molecule has 11 heteroatoms. The van der Waals surface area contributed by atoms with Crippen molar-refractivity contribution < 1.29 is 33.7 Å². The fourth-order valence-electron chi connectivity index (χ4n) is 3.18. The minimum absolute atomic E-state index is 0.0507. The Bertz CT molecular complexity index is 743. The van der Waals surface area contributed by atoms with Crippen LogP contribution in [0.2, 0.25) is 0 Å². The van der Waals surface area contributed by atoms with Gasteiger partial charge >= 0.3 is 18.0 Å². The van der Waals surface area contributed by atoms with E-state index in [1.807, 2.05) is 0 Å².